The second-order valence-corrected chi connectivity index (χ2v) is 3.67. The monoisotopic (exact) mass is 248 g/mol. The number of hydrogen-bond acceptors (Lipinski definition) is 6. The summed E-state index contributed by atoms with van der Waals surface area (Å²) in [5.74, 6) is 5.57. The van der Waals surface area contributed by atoms with Crippen molar-refractivity contribution in [2.75, 3.05) is 5.43 Å². The highest BCUT2D eigenvalue weighted by Crippen LogP contribution is 1.99. The predicted molar refractivity (Wildman–Crippen MR) is 64.9 cm³/mol. The van der Waals surface area contributed by atoms with E-state index in [9.17, 15) is 9.59 Å². The standard InChI is InChI=1S/C10H12N6O2/c1-15-3-2-9(17)16(10(15)18)6-7-4-13-8(14-11)5-12-7/h2-5H,6,11H2,1H3,(H,13,14). The second-order valence-electron chi connectivity index (χ2n) is 3.67. The molecule has 0 spiro atoms. The van der Waals surface area contributed by atoms with Gasteiger partial charge in [-0.3, -0.25) is 14.3 Å². The molecular formula is C10H12N6O2. The average Bonchev–Trinajstić information content (AvgIpc) is 2.40. The van der Waals surface area contributed by atoms with Crippen molar-refractivity contribution in [3.63, 3.8) is 0 Å². The predicted octanol–water partition coefficient (Wildman–Crippen LogP) is -1.33. The number of nitrogen functional groups attached to an aromatic ring is 1. The van der Waals surface area contributed by atoms with E-state index in [0.717, 1.165) is 4.57 Å². The van der Waals surface area contributed by atoms with Gasteiger partial charge in [-0.05, 0) is 0 Å². The molecule has 0 saturated heterocycles. The molecule has 0 fully saturated rings. The van der Waals surface area contributed by atoms with E-state index in [1.807, 2.05) is 0 Å². The minimum Gasteiger partial charge on any atom is -0.307 e. The molecule has 2 heterocycles. The highest BCUT2D eigenvalue weighted by molar-refractivity contribution is 5.28. The number of hydrogen-bond donors (Lipinski definition) is 2. The van der Waals surface area contributed by atoms with Crippen molar-refractivity contribution in [2.45, 2.75) is 6.54 Å². The van der Waals surface area contributed by atoms with Gasteiger partial charge >= 0.3 is 5.69 Å². The molecule has 2 aromatic rings. The molecule has 0 aromatic carbocycles. The van der Waals surface area contributed by atoms with E-state index < -0.39 is 5.69 Å². The lowest BCUT2D eigenvalue weighted by atomic mass is 10.4. The summed E-state index contributed by atoms with van der Waals surface area (Å²) in [4.78, 5) is 31.3. The van der Waals surface area contributed by atoms with Crippen LogP contribution in [0.4, 0.5) is 5.82 Å². The number of aryl methyl sites for hydroxylation is 1. The summed E-state index contributed by atoms with van der Waals surface area (Å²) in [7, 11) is 1.57. The Labute approximate surface area is 102 Å². The number of aromatic nitrogens is 4. The second kappa shape index (κ2) is 4.80. The van der Waals surface area contributed by atoms with Gasteiger partial charge in [0.15, 0.2) is 5.82 Å². The quantitative estimate of drug-likeness (QED) is 0.514. The lowest BCUT2D eigenvalue weighted by Gasteiger charge is -2.06. The van der Waals surface area contributed by atoms with Crippen molar-refractivity contribution < 1.29 is 0 Å². The van der Waals surface area contributed by atoms with E-state index in [0.29, 0.717) is 11.5 Å². The Bertz CT molecular complexity index is 657. The lowest BCUT2D eigenvalue weighted by Crippen LogP contribution is -2.38. The molecule has 94 valence electrons. The Balaban J connectivity index is 2.37. The van der Waals surface area contributed by atoms with Crippen LogP contribution in [0.2, 0.25) is 0 Å². The van der Waals surface area contributed by atoms with Crippen LogP contribution in [0.3, 0.4) is 0 Å². The van der Waals surface area contributed by atoms with Gasteiger partial charge in [0.1, 0.15) is 0 Å². The third-order valence-corrected chi connectivity index (χ3v) is 2.41. The molecule has 2 aromatic heterocycles. The van der Waals surface area contributed by atoms with E-state index in [1.54, 1.807) is 7.05 Å². The van der Waals surface area contributed by atoms with Gasteiger partial charge in [0.25, 0.3) is 5.56 Å². The maximum atomic E-state index is 11.8. The zero-order valence-corrected chi connectivity index (χ0v) is 9.70. The Morgan fingerprint density at radius 1 is 1.33 bits per heavy atom. The smallest absolute Gasteiger partial charge is 0.307 e. The van der Waals surface area contributed by atoms with Crippen LogP contribution in [0.15, 0.2) is 34.2 Å². The van der Waals surface area contributed by atoms with Crippen LogP contribution >= 0.6 is 0 Å². The van der Waals surface area contributed by atoms with Gasteiger partial charge in [0, 0.05) is 19.3 Å². The van der Waals surface area contributed by atoms with Crippen LogP contribution in [0.25, 0.3) is 0 Å². The number of rotatable bonds is 3. The summed E-state index contributed by atoms with van der Waals surface area (Å²) < 4.78 is 2.41. The third kappa shape index (κ3) is 2.28. The number of hydrazine groups is 1. The first-order valence-electron chi connectivity index (χ1n) is 5.16. The molecule has 2 rings (SSSR count). The average molecular weight is 248 g/mol. The number of anilines is 1. The Kier molecular flexibility index (Phi) is 3.20. The van der Waals surface area contributed by atoms with Crippen LogP contribution in [0, 0.1) is 0 Å². The summed E-state index contributed by atoms with van der Waals surface area (Å²) >= 11 is 0. The van der Waals surface area contributed by atoms with E-state index in [2.05, 4.69) is 15.4 Å². The van der Waals surface area contributed by atoms with E-state index in [4.69, 9.17) is 5.84 Å². The van der Waals surface area contributed by atoms with Crippen molar-refractivity contribution in [3.8, 4) is 0 Å². The topological polar surface area (TPSA) is 108 Å². The molecule has 0 aliphatic rings. The maximum Gasteiger partial charge on any atom is 0.331 e. The molecule has 0 unspecified atom stereocenters. The Hall–Kier alpha value is -2.48. The van der Waals surface area contributed by atoms with Crippen LogP contribution in [0.1, 0.15) is 5.69 Å². The fourth-order valence-electron chi connectivity index (χ4n) is 1.43. The van der Waals surface area contributed by atoms with Crippen molar-refractivity contribution in [1.82, 2.24) is 19.1 Å². The number of nitrogens with zero attached hydrogens (tertiary/aromatic N) is 4. The first kappa shape index (κ1) is 12.0. The van der Waals surface area contributed by atoms with Crippen molar-refractivity contribution in [1.29, 1.82) is 0 Å². The molecule has 8 heteroatoms. The SMILES string of the molecule is Cn1ccc(=O)n(Cc2cnc(NN)cn2)c1=O. The molecule has 3 N–H and O–H groups in total. The molecule has 0 radical (unpaired) electrons. The minimum absolute atomic E-state index is 0.0736. The van der Waals surface area contributed by atoms with Crippen molar-refractivity contribution in [3.05, 3.63) is 51.2 Å². The van der Waals surface area contributed by atoms with Crippen molar-refractivity contribution in [2.24, 2.45) is 12.9 Å². The molecule has 0 atom stereocenters. The summed E-state index contributed by atoms with van der Waals surface area (Å²) in [5.41, 5.74) is 2.07. The van der Waals surface area contributed by atoms with Crippen LogP contribution in [-0.2, 0) is 13.6 Å². The first-order chi connectivity index (χ1) is 8.61. The zero-order chi connectivity index (χ0) is 13.1. The lowest BCUT2D eigenvalue weighted by molar-refractivity contribution is 0.629. The summed E-state index contributed by atoms with van der Waals surface area (Å²) in [6.45, 7) is 0.0736. The maximum absolute atomic E-state index is 11.8. The van der Waals surface area contributed by atoms with Crippen LogP contribution in [0.5, 0.6) is 0 Å². The first-order valence-corrected chi connectivity index (χ1v) is 5.16. The number of nitrogens with one attached hydrogen (secondary N) is 1. The van der Waals surface area contributed by atoms with Gasteiger partial charge in [0.2, 0.25) is 0 Å². The van der Waals surface area contributed by atoms with Gasteiger partial charge in [-0.2, -0.15) is 0 Å². The minimum atomic E-state index is -0.398. The van der Waals surface area contributed by atoms with E-state index in [-0.39, 0.29) is 12.1 Å². The van der Waals surface area contributed by atoms with E-state index in [1.165, 1.54) is 29.2 Å². The zero-order valence-electron chi connectivity index (χ0n) is 9.70. The molecule has 0 saturated carbocycles. The van der Waals surface area contributed by atoms with Crippen LogP contribution < -0.4 is 22.5 Å². The van der Waals surface area contributed by atoms with Crippen molar-refractivity contribution >= 4 is 5.82 Å². The highest BCUT2D eigenvalue weighted by Gasteiger charge is 2.05. The molecule has 18 heavy (non-hydrogen) atoms. The Morgan fingerprint density at radius 3 is 2.72 bits per heavy atom. The van der Waals surface area contributed by atoms with Gasteiger partial charge in [0.05, 0.1) is 24.6 Å². The normalized spacial score (nSPS) is 10.3. The molecule has 0 amide bonds. The molecular weight excluding hydrogens is 236 g/mol. The number of nitrogens with two attached hydrogens (primary N) is 1. The Morgan fingerprint density at radius 2 is 2.11 bits per heavy atom. The van der Waals surface area contributed by atoms with Gasteiger partial charge < -0.3 is 9.99 Å². The van der Waals surface area contributed by atoms with Gasteiger partial charge in [-0.15, -0.1) is 0 Å². The fraction of sp³-hybridized carbons (Fsp3) is 0.200. The summed E-state index contributed by atoms with van der Waals surface area (Å²) in [5, 5.41) is 0. The van der Waals surface area contributed by atoms with E-state index >= 15 is 0 Å². The summed E-state index contributed by atoms with van der Waals surface area (Å²) in [6.07, 6.45) is 4.30. The van der Waals surface area contributed by atoms with Crippen LogP contribution in [-0.4, -0.2) is 19.1 Å². The molecule has 8 nitrogen and oxygen atoms in total. The molecule has 0 bridgehead atoms. The highest BCUT2D eigenvalue weighted by atomic mass is 16.2. The summed E-state index contributed by atoms with van der Waals surface area (Å²) in [6, 6.07) is 1.32. The van der Waals surface area contributed by atoms with Gasteiger partial charge in [-0.1, -0.05) is 0 Å². The largest absolute Gasteiger partial charge is 0.331 e. The molecule has 0 aliphatic heterocycles. The fourth-order valence-corrected chi connectivity index (χ4v) is 1.43. The van der Waals surface area contributed by atoms with Gasteiger partial charge in [-0.25, -0.2) is 15.6 Å². The molecule has 0 aliphatic carbocycles. The third-order valence-electron chi connectivity index (χ3n) is 2.41.